The summed E-state index contributed by atoms with van der Waals surface area (Å²) in [7, 11) is 0. The zero-order valence-corrected chi connectivity index (χ0v) is 13.1. The quantitative estimate of drug-likeness (QED) is 0.553. The highest BCUT2D eigenvalue weighted by molar-refractivity contribution is 6.45. The summed E-state index contributed by atoms with van der Waals surface area (Å²) in [6.45, 7) is 3.84. The summed E-state index contributed by atoms with van der Waals surface area (Å²) >= 11 is 0. The van der Waals surface area contributed by atoms with E-state index in [0.717, 1.165) is 11.4 Å². The zero-order valence-electron chi connectivity index (χ0n) is 13.1. The average Bonchev–Trinajstić information content (AvgIpc) is 2.96. The van der Waals surface area contributed by atoms with Crippen molar-refractivity contribution in [3.8, 4) is 5.75 Å². The molecule has 0 aliphatic heterocycles. The monoisotopic (exact) mass is 316 g/mol. The number of aliphatic hydroxyl groups is 1. The zero-order chi connectivity index (χ0) is 16.8. The molecule has 0 saturated carbocycles. The number of hydrogen-bond donors (Lipinski definition) is 4. The van der Waals surface area contributed by atoms with E-state index >= 15 is 0 Å². The molecule has 0 saturated heterocycles. The van der Waals surface area contributed by atoms with E-state index in [2.05, 4.69) is 15.5 Å². The van der Waals surface area contributed by atoms with Crippen molar-refractivity contribution < 1.29 is 14.6 Å². The topological polar surface area (TPSA) is 111 Å². The van der Waals surface area contributed by atoms with Crippen LogP contribution in [0.1, 0.15) is 23.9 Å². The Kier molecular flexibility index (Phi) is 5.48. The van der Waals surface area contributed by atoms with Crippen molar-refractivity contribution in [1.29, 1.82) is 5.41 Å². The molecule has 1 aromatic heterocycles. The number of Topliss-reactive ketones (excluding diaryl/α,β-unsaturated/α-hetero) is 1. The molecule has 7 nitrogen and oxygen atoms in total. The first-order valence-electron chi connectivity index (χ1n) is 7.23. The van der Waals surface area contributed by atoms with Crippen LogP contribution < -0.4 is 10.1 Å². The highest BCUT2D eigenvalue weighted by atomic mass is 16.5. The number of benzene rings is 1. The fraction of sp³-hybridized carbons (Fsp3) is 0.312. The Bertz CT molecular complexity index is 709. The molecule has 0 bridgehead atoms. The van der Waals surface area contributed by atoms with E-state index in [9.17, 15) is 4.79 Å². The Morgan fingerprint density at radius 2 is 2.22 bits per heavy atom. The van der Waals surface area contributed by atoms with E-state index in [0.29, 0.717) is 30.2 Å². The molecule has 1 aromatic carbocycles. The maximum Gasteiger partial charge on any atom is 0.178 e. The van der Waals surface area contributed by atoms with Crippen LogP contribution in [0.5, 0.6) is 5.75 Å². The summed E-state index contributed by atoms with van der Waals surface area (Å²) in [5.74, 6) is 0.207. The van der Waals surface area contributed by atoms with E-state index in [1.807, 2.05) is 13.0 Å². The number of carbonyl (C=O) groups excluding carboxylic acids is 1. The van der Waals surface area contributed by atoms with Gasteiger partial charge in [0.15, 0.2) is 5.78 Å². The van der Waals surface area contributed by atoms with E-state index in [-0.39, 0.29) is 18.1 Å². The molecule has 1 heterocycles. The number of ketones is 1. The molecule has 0 aliphatic carbocycles. The molecule has 2 rings (SSSR count). The fourth-order valence-corrected chi connectivity index (χ4v) is 2.06. The number of hydrogen-bond acceptors (Lipinski definition) is 6. The van der Waals surface area contributed by atoms with Gasteiger partial charge in [0.05, 0.1) is 12.3 Å². The molecule has 0 radical (unpaired) electrons. The molecular weight excluding hydrogens is 296 g/mol. The highest BCUT2D eigenvalue weighted by Crippen LogP contribution is 2.23. The Morgan fingerprint density at radius 1 is 1.43 bits per heavy atom. The lowest BCUT2D eigenvalue weighted by molar-refractivity contribution is -0.111. The van der Waals surface area contributed by atoms with Crippen molar-refractivity contribution in [1.82, 2.24) is 10.2 Å². The van der Waals surface area contributed by atoms with Crippen molar-refractivity contribution in [3.63, 3.8) is 0 Å². The van der Waals surface area contributed by atoms with Crippen molar-refractivity contribution >= 4 is 17.2 Å². The van der Waals surface area contributed by atoms with Gasteiger partial charge in [-0.15, -0.1) is 0 Å². The molecule has 23 heavy (non-hydrogen) atoms. The second-order valence-electron chi connectivity index (χ2n) is 5.12. The normalized spacial score (nSPS) is 10.4. The molecule has 0 atom stereocenters. The molecule has 0 fully saturated rings. The third kappa shape index (κ3) is 4.40. The second kappa shape index (κ2) is 7.55. The van der Waals surface area contributed by atoms with Crippen molar-refractivity contribution in [3.05, 3.63) is 41.2 Å². The average molecular weight is 316 g/mol. The summed E-state index contributed by atoms with van der Waals surface area (Å²) in [5, 5.41) is 26.8. The highest BCUT2D eigenvalue weighted by Gasteiger charge is 2.13. The van der Waals surface area contributed by atoms with E-state index in [1.165, 1.54) is 6.92 Å². The van der Waals surface area contributed by atoms with Gasteiger partial charge in [0, 0.05) is 30.4 Å². The summed E-state index contributed by atoms with van der Waals surface area (Å²) in [6, 6.07) is 7.00. The number of aromatic nitrogens is 2. The largest absolute Gasteiger partial charge is 0.487 e. The van der Waals surface area contributed by atoms with Crippen LogP contribution in [-0.2, 0) is 11.4 Å². The van der Waals surface area contributed by atoms with Crippen molar-refractivity contribution in [2.24, 2.45) is 0 Å². The van der Waals surface area contributed by atoms with Crippen LogP contribution in [0.25, 0.3) is 0 Å². The van der Waals surface area contributed by atoms with Gasteiger partial charge in [-0.1, -0.05) is 0 Å². The molecule has 0 spiro atoms. The maximum absolute atomic E-state index is 11.5. The first-order valence-corrected chi connectivity index (χ1v) is 7.23. The van der Waals surface area contributed by atoms with E-state index < -0.39 is 0 Å². The molecule has 0 unspecified atom stereocenters. The SMILES string of the molecule is CC(=O)C(=N)c1cc(OCc2cc(C)[nH]n2)ccc1NCCO. The fourth-order valence-electron chi connectivity index (χ4n) is 2.06. The number of ether oxygens (including phenoxy) is 1. The predicted octanol–water partition coefficient (Wildman–Crippen LogP) is 1.66. The van der Waals surface area contributed by atoms with Crippen LogP contribution in [0.15, 0.2) is 24.3 Å². The Morgan fingerprint density at radius 3 is 2.83 bits per heavy atom. The van der Waals surface area contributed by atoms with Gasteiger partial charge in [-0.25, -0.2) is 0 Å². The number of nitrogens with one attached hydrogen (secondary N) is 3. The van der Waals surface area contributed by atoms with Gasteiger partial charge < -0.3 is 15.2 Å². The van der Waals surface area contributed by atoms with Crippen LogP contribution in [0.4, 0.5) is 5.69 Å². The number of H-pyrrole nitrogens is 1. The van der Waals surface area contributed by atoms with Gasteiger partial charge in [-0.2, -0.15) is 5.10 Å². The third-order valence-corrected chi connectivity index (χ3v) is 3.19. The molecule has 0 amide bonds. The summed E-state index contributed by atoms with van der Waals surface area (Å²) in [5.41, 5.74) is 2.68. The Hall–Kier alpha value is -2.67. The Labute approximate surface area is 134 Å². The van der Waals surface area contributed by atoms with Crippen molar-refractivity contribution in [2.75, 3.05) is 18.5 Å². The number of rotatable bonds is 8. The van der Waals surface area contributed by atoms with Crippen molar-refractivity contribution in [2.45, 2.75) is 20.5 Å². The number of aryl methyl sites for hydroxylation is 1. The van der Waals surface area contributed by atoms with Crippen LogP contribution in [0.2, 0.25) is 0 Å². The first-order chi connectivity index (χ1) is 11.0. The maximum atomic E-state index is 11.5. The van der Waals surface area contributed by atoms with Crippen LogP contribution in [0.3, 0.4) is 0 Å². The van der Waals surface area contributed by atoms with Crippen LogP contribution >= 0.6 is 0 Å². The molecule has 122 valence electrons. The number of nitrogens with zero attached hydrogens (tertiary/aromatic N) is 1. The second-order valence-corrected chi connectivity index (χ2v) is 5.12. The smallest absolute Gasteiger partial charge is 0.178 e. The standard InChI is InChI=1S/C16H20N4O3/c1-10-7-12(20-19-10)9-23-13-3-4-15(18-5-6-21)14(8-13)16(17)11(2)22/h3-4,7-8,17-18,21H,5-6,9H2,1-2H3,(H,19,20). The molecular formula is C16H20N4O3. The Balaban J connectivity index is 2.18. The third-order valence-electron chi connectivity index (χ3n) is 3.19. The van der Waals surface area contributed by atoms with E-state index in [4.69, 9.17) is 15.3 Å². The molecule has 2 aromatic rings. The number of aliphatic hydroxyl groups excluding tert-OH is 1. The lowest BCUT2D eigenvalue weighted by atomic mass is 10.0. The minimum atomic E-state index is -0.336. The van der Waals surface area contributed by atoms with Gasteiger partial charge in [-0.3, -0.25) is 15.3 Å². The minimum absolute atomic E-state index is 0.0381. The molecule has 4 N–H and O–H groups in total. The predicted molar refractivity (Wildman–Crippen MR) is 87.2 cm³/mol. The lowest BCUT2D eigenvalue weighted by Crippen LogP contribution is -2.15. The summed E-state index contributed by atoms with van der Waals surface area (Å²) in [6.07, 6.45) is 0. The first kappa shape index (κ1) is 16.7. The van der Waals surface area contributed by atoms with Crippen LogP contribution in [0, 0.1) is 12.3 Å². The number of aromatic amines is 1. The minimum Gasteiger partial charge on any atom is -0.487 e. The molecule has 7 heteroatoms. The van der Waals surface area contributed by atoms with Gasteiger partial charge >= 0.3 is 0 Å². The number of anilines is 1. The number of carbonyl (C=O) groups is 1. The van der Waals surface area contributed by atoms with E-state index in [1.54, 1.807) is 18.2 Å². The van der Waals surface area contributed by atoms with Gasteiger partial charge in [0.2, 0.25) is 0 Å². The molecule has 0 aliphatic rings. The van der Waals surface area contributed by atoms with Gasteiger partial charge in [0.25, 0.3) is 0 Å². The van der Waals surface area contributed by atoms with Gasteiger partial charge in [0.1, 0.15) is 18.1 Å². The summed E-state index contributed by atoms with van der Waals surface area (Å²) in [4.78, 5) is 11.5. The van der Waals surface area contributed by atoms with Crippen LogP contribution in [-0.4, -0.2) is 40.0 Å². The summed E-state index contributed by atoms with van der Waals surface area (Å²) < 4.78 is 5.67. The lowest BCUT2D eigenvalue weighted by Gasteiger charge is -2.13. The van der Waals surface area contributed by atoms with Gasteiger partial charge in [-0.05, 0) is 31.2 Å².